The zero-order valence-electron chi connectivity index (χ0n) is 16.1. The van der Waals surface area contributed by atoms with E-state index in [9.17, 15) is 4.79 Å². The third-order valence-electron chi connectivity index (χ3n) is 4.88. The molecule has 136 valence electrons. The lowest BCUT2D eigenvalue weighted by atomic mass is 9.93. The number of rotatable bonds is 3. The van der Waals surface area contributed by atoms with E-state index in [-0.39, 0.29) is 17.5 Å². The molecular weight excluding hydrogens is 314 g/mol. The van der Waals surface area contributed by atoms with Gasteiger partial charge in [0, 0.05) is 24.0 Å². The van der Waals surface area contributed by atoms with Crippen LogP contribution in [0.25, 0.3) is 0 Å². The summed E-state index contributed by atoms with van der Waals surface area (Å²) in [6.07, 6.45) is 4.91. The van der Waals surface area contributed by atoms with E-state index in [0.717, 1.165) is 30.5 Å². The molecule has 1 amide bonds. The molecule has 1 atom stereocenters. The molecule has 0 bridgehead atoms. The van der Waals surface area contributed by atoms with E-state index in [1.54, 1.807) is 0 Å². The highest BCUT2D eigenvalue weighted by atomic mass is 16.2. The van der Waals surface area contributed by atoms with Crippen molar-refractivity contribution in [3.05, 3.63) is 34.9 Å². The maximum atomic E-state index is 12.8. The number of aromatic nitrogens is 4. The van der Waals surface area contributed by atoms with Crippen molar-refractivity contribution >= 4 is 5.91 Å². The first-order valence-electron chi connectivity index (χ1n) is 9.10. The quantitative estimate of drug-likeness (QED) is 0.930. The van der Waals surface area contributed by atoms with Gasteiger partial charge in [-0.25, -0.2) is 0 Å². The van der Waals surface area contributed by atoms with Gasteiger partial charge >= 0.3 is 0 Å². The molecule has 1 aliphatic carbocycles. The van der Waals surface area contributed by atoms with Crippen molar-refractivity contribution in [3.8, 4) is 0 Å². The van der Waals surface area contributed by atoms with Crippen molar-refractivity contribution in [3.63, 3.8) is 0 Å². The van der Waals surface area contributed by atoms with E-state index in [1.165, 1.54) is 5.69 Å². The smallest absolute Gasteiger partial charge is 0.272 e. The number of aryl methyl sites for hydroxylation is 1. The van der Waals surface area contributed by atoms with Gasteiger partial charge in [-0.05, 0) is 52.0 Å². The first-order valence-corrected chi connectivity index (χ1v) is 9.10. The Balaban J connectivity index is 1.85. The van der Waals surface area contributed by atoms with E-state index < -0.39 is 0 Å². The fraction of sp³-hybridized carbons (Fsp3) is 0.632. The van der Waals surface area contributed by atoms with Gasteiger partial charge in [-0.2, -0.15) is 10.2 Å². The number of fused-ring (bicyclic) bond motifs is 1. The van der Waals surface area contributed by atoms with Crippen molar-refractivity contribution in [2.24, 2.45) is 7.05 Å². The van der Waals surface area contributed by atoms with Crippen LogP contribution in [0.2, 0.25) is 0 Å². The zero-order valence-corrected chi connectivity index (χ0v) is 16.1. The van der Waals surface area contributed by atoms with Crippen molar-refractivity contribution in [1.29, 1.82) is 0 Å². The summed E-state index contributed by atoms with van der Waals surface area (Å²) in [6.45, 7) is 10.6. The number of hydrogen-bond donors (Lipinski definition) is 1. The summed E-state index contributed by atoms with van der Waals surface area (Å²) in [5.41, 5.74) is 3.79. The zero-order chi connectivity index (χ0) is 18.4. The molecular formula is C19H29N5O. The second-order valence-corrected chi connectivity index (χ2v) is 8.28. The summed E-state index contributed by atoms with van der Waals surface area (Å²) in [5, 5.41) is 12.1. The van der Waals surface area contributed by atoms with Gasteiger partial charge in [0.2, 0.25) is 0 Å². The second kappa shape index (κ2) is 6.32. The minimum absolute atomic E-state index is 0.0206. The summed E-state index contributed by atoms with van der Waals surface area (Å²) >= 11 is 0. The number of amides is 1. The monoisotopic (exact) mass is 343 g/mol. The third kappa shape index (κ3) is 3.34. The van der Waals surface area contributed by atoms with Crippen LogP contribution in [0.5, 0.6) is 0 Å². The lowest BCUT2D eigenvalue weighted by Gasteiger charge is -2.24. The van der Waals surface area contributed by atoms with Gasteiger partial charge in [0.15, 0.2) is 0 Å². The third-order valence-corrected chi connectivity index (χ3v) is 4.88. The van der Waals surface area contributed by atoms with Crippen LogP contribution < -0.4 is 5.32 Å². The normalized spacial score (nSPS) is 17.6. The molecule has 0 aromatic carbocycles. The Labute approximate surface area is 149 Å². The van der Waals surface area contributed by atoms with Crippen LogP contribution in [-0.4, -0.2) is 25.5 Å². The first-order chi connectivity index (χ1) is 11.7. The van der Waals surface area contributed by atoms with Crippen LogP contribution in [0.15, 0.2) is 12.3 Å². The largest absolute Gasteiger partial charge is 0.344 e. The molecule has 3 rings (SSSR count). The van der Waals surface area contributed by atoms with Gasteiger partial charge in [0.25, 0.3) is 5.91 Å². The Morgan fingerprint density at radius 2 is 2.08 bits per heavy atom. The van der Waals surface area contributed by atoms with Crippen molar-refractivity contribution < 1.29 is 4.79 Å². The molecule has 2 aromatic heterocycles. The topological polar surface area (TPSA) is 64.7 Å². The van der Waals surface area contributed by atoms with Crippen LogP contribution in [0.1, 0.15) is 86.9 Å². The summed E-state index contributed by atoms with van der Waals surface area (Å²) in [6, 6.07) is 1.95. The molecule has 1 aliphatic rings. The highest BCUT2D eigenvalue weighted by Crippen LogP contribution is 2.30. The Bertz CT molecular complexity index is 778. The van der Waals surface area contributed by atoms with Crippen LogP contribution in [-0.2, 0) is 19.0 Å². The molecule has 6 nitrogen and oxygen atoms in total. The average molecular weight is 343 g/mol. The van der Waals surface area contributed by atoms with Crippen molar-refractivity contribution in [2.45, 2.75) is 71.4 Å². The minimum Gasteiger partial charge on any atom is -0.344 e. The molecule has 1 unspecified atom stereocenters. The second-order valence-electron chi connectivity index (χ2n) is 8.28. The highest BCUT2D eigenvalue weighted by molar-refractivity contribution is 5.92. The average Bonchev–Trinajstić information content (AvgIpc) is 3.12. The Hall–Kier alpha value is -2.11. The lowest BCUT2D eigenvalue weighted by molar-refractivity contribution is 0.0926. The van der Waals surface area contributed by atoms with Crippen LogP contribution >= 0.6 is 0 Å². The van der Waals surface area contributed by atoms with Gasteiger partial charge in [0.05, 0.1) is 17.8 Å². The Morgan fingerprint density at radius 1 is 1.36 bits per heavy atom. The summed E-state index contributed by atoms with van der Waals surface area (Å²) in [7, 11) is 1.96. The molecule has 0 spiro atoms. The van der Waals surface area contributed by atoms with Crippen LogP contribution in [0.3, 0.4) is 0 Å². The molecule has 2 aromatic rings. The van der Waals surface area contributed by atoms with Gasteiger partial charge in [0.1, 0.15) is 5.69 Å². The molecule has 0 aliphatic heterocycles. The minimum atomic E-state index is -0.153. The Morgan fingerprint density at radius 3 is 2.68 bits per heavy atom. The molecule has 6 heteroatoms. The maximum absolute atomic E-state index is 12.8. The molecule has 25 heavy (non-hydrogen) atoms. The van der Waals surface area contributed by atoms with E-state index in [2.05, 4.69) is 50.1 Å². The van der Waals surface area contributed by atoms with Gasteiger partial charge < -0.3 is 5.32 Å². The number of nitrogens with one attached hydrogen (secondary N) is 1. The van der Waals surface area contributed by atoms with Crippen LogP contribution in [0, 0.1) is 0 Å². The van der Waals surface area contributed by atoms with Crippen molar-refractivity contribution in [2.75, 3.05) is 0 Å². The van der Waals surface area contributed by atoms with Gasteiger partial charge in [-0.15, -0.1) is 0 Å². The van der Waals surface area contributed by atoms with Gasteiger partial charge in [-0.1, -0.05) is 13.8 Å². The number of carbonyl (C=O) groups is 1. The molecule has 2 heterocycles. The SMILES string of the molecule is CC(C)c1cc(C(=O)NC2CCCc3c2cnn3C)nn1C(C)(C)C. The summed E-state index contributed by atoms with van der Waals surface area (Å²) in [4.78, 5) is 12.8. The van der Waals surface area contributed by atoms with E-state index in [4.69, 9.17) is 0 Å². The van der Waals surface area contributed by atoms with Gasteiger partial charge in [-0.3, -0.25) is 14.2 Å². The van der Waals surface area contributed by atoms with E-state index in [0.29, 0.717) is 11.6 Å². The fourth-order valence-electron chi connectivity index (χ4n) is 3.54. The first kappa shape index (κ1) is 17.7. The molecule has 0 fully saturated rings. The standard InChI is InChI=1S/C19H29N5O/c1-12(2)17-10-15(22-24(17)19(3,4)5)18(25)21-14-8-7-9-16-13(14)11-20-23(16)6/h10-12,14H,7-9H2,1-6H3,(H,21,25). The van der Waals surface area contributed by atoms with Crippen molar-refractivity contribution in [1.82, 2.24) is 24.9 Å². The predicted octanol–water partition coefficient (Wildman–Crippen LogP) is 3.30. The number of nitrogens with zero attached hydrogens (tertiary/aromatic N) is 4. The molecule has 0 saturated carbocycles. The number of carbonyl (C=O) groups excluding carboxylic acids is 1. The summed E-state index contributed by atoms with van der Waals surface area (Å²) in [5.74, 6) is 0.208. The molecule has 1 N–H and O–H groups in total. The Kier molecular flexibility index (Phi) is 4.47. The molecule has 0 radical (unpaired) electrons. The van der Waals surface area contributed by atoms with E-state index in [1.807, 2.05) is 28.7 Å². The number of hydrogen-bond acceptors (Lipinski definition) is 3. The maximum Gasteiger partial charge on any atom is 0.272 e. The van der Waals surface area contributed by atoms with Crippen LogP contribution in [0.4, 0.5) is 0 Å². The highest BCUT2D eigenvalue weighted by Gasteiger charge is 2.28. The predicted molar refractivity (Wildman–Crippen MR) is 97.7 cm³/mol. The molecule has 0 saturated heterocycles. The summed E-state index contributed by atoms with van der Waals surface area (Å²) < 4.78 is 3.89. The fourth-order valence-corrected chi connectivity index (χ4v) is 3.54. The van der Waals surface area contributed by atoms with E-state index >= 15 is 0 Å². The lowest BCUT2D eigenvalue weighted by Crippen LogP contribution is -2.32.